The second-order valence-corrected chi connectivity index (χ2v) is 9.10. The Balaban J connectivity index is 1.97. The zero-order valence-electron chi connectivity index (χ0n) is 18.9. The van der Waals surface area contributed by atoms with Crippen molar-refractivity contribution >= 4 is 16.5 Å². The van der Waals surface area contributed by atoms with Gasteiger partial charge in [-0.1, -0.05) is 32.9 Å². The van der Waals surface area contributed by atoms with E-state index in [0.29, 0.717) is 27.8 Å². The number of nitrogen functional groups attached to an aromatic ring is 1. The number of benzene rings is 2. The second-order valence-electron chi connectivity index (χ2n) is 9.10. The van der Waals surface area contributed by atoms with E-state index in [2.05, 4.69) is 5.10 Å². The summed E-state index contributed by atoms with van der Waals surface area (Å²) in [7, 11) is 1.58. The van der Waals surface area contributed by atoms with Crippen molar-refractivity contribution < 1.29 is 9.50 Å². The number of aliphatic hydroxyl groups is 1. The standard InChI is InChI=1S/C25H25FN4O3/c1-25(2,3)16-8-14-11-28-30(24(33)22(14)19(26)10-16)21-7-5-6-17(18(21)13-31)15-9-20(27)23(32)29(4)12-15/h5-12,31H,13,27H2,1-4H3. The summed E-state index contributed by atoms with van der Waals surface area (Å²) in [6.45, 7) is 5.49. The topological polar surface area (TPSA) is 103 Å². The van der Waals surface area contributed by atoms with Gasteiger partial charge in [-0.25, -0.2) is 4.39 Å². The molecule has 0 amide bonds. The number of aryl methyl sites for hydroxylation is 1. The Morgan fingerprint density at radius 1 is 1.12 bits per heavy atom. The number of nitrogens with zero attached hydrogens (tertiary/aromatic N) is 3. The first kappa shape index (κ1) is 22.4. The highest BCUT2D eigenvalue weighted by molar-refractivity contribution is 5.83. The van der Waals surface area contributed by atoms with Crippen molar-refractivity contribution in [3.63, 3.8) is 0 Å². The van der Waals surface area contributed by atoms with Gasteiger partial charge in [-0.3, -0.25) is 9.59 Å². The van der Waals surface area contributed by atoms with Crippen LogP contribution in [0.1, 0.15) is 31.9 Å². The molecular weight excluding hydrogens is 423 g/mol. The van der Waals surface area contributed by atoms with E-state index in [4.69, 9.17) is 5.73 Å². The van der Waals surface area contributed by atoms with Crippen LogP contribution in [0, 0.1) is 5.82 Å². The lowest BCUT2D eigenvalue weighted by Crippen LogP contribution is -2.24. The molecule has 0 aliphatic rings. The molecule has 7 nitrogen and oxygen atoms in total. The number of halogens is 1. The maximum Gasteiger partial charge on any atom is 0.282 e. The van der Waals surface area contributed by atoms with Crippen molar-refractivity contribution in [1.29, 1.82) is 0 Å². The van der Waals surface area contributed by atoms with E-state index in [1.807, 2.05) is 20.8 Å². The summed E-state index contributed by atoms with van der Waals surface area (Å²) in [6.07, 6.45) is 3.05. The van der Waals surface area contributed by atoms with E-state index in [1.165, 1.54) is 22.9 Å². The number of pyridine rings is 1. The zero-order valence-corrected chi connectivity index (χ0v) is 18.9. The molecule has 0 spiro atoms. The average molecular weight is 448 g/mol. The zero-order chi connectivity index (χ0) is 24.1. The van der Waals surface area contributed by atoms with Gasteiger partial charge in [0.15, 0.2) is 0 Å². The molecular formula is C25H25FN4O3. The first-order chi connectivity index (χ1) is 15.5. The van der Waals surface area contributed by atoms with Crippen LogP contribution in [-0.4, -0.2) is 19.5 Å². The molecule has 8 heteroatoms. The van der Waals surface area contributed by atoms with Crippen LogP contribution in [0.15, 0.2) is 58.4 Å². The van der Waals surface area contributed by atoms with Crippen LogP contribution >= 0.6 is 0 Å². The molecule has 0 saturated heterocycles. The molecule has 0 radical (unpaired) electrons. The largest absolute Gasteiger partial charge is 0.394 e. The highest BCUT2D eigenvalue weighted by atomic mass is 19.1. The highest BCUT2D eigenvalue weighted by Crippen LogP contribution is 2.30. The molecule has 0 aliphatic carbocycles. The number of rotatable bonds is 3. The van der Waals surface area contributed by atoms with E-state index in [1.54, 1.807) is 37.5 Å². The van der Waals surface area contributed by atoms with Gasteiger partial charge in [-0.05, 0) is 40.8 Å². The second kappa shape index (κ2) is 7.97. The maximum absolute atomic E-state index is 15.1. The van der Waals surface area contributed by atoms with E-state index in [9.17, 15) is 14.7 Å². The minimum absolute atomic E-state index is 0.0574. The van der Waals surface area contributed by atoms with Gasteiger partial charge in [-0.2, -0.15) is 9.78 Å². The van der Waals surface area contributed by atoms with Gasteiger partial charge in [0.25, 0.3) is 11.1 Å². The Bertz CT molecular complexity index is 1490. The summed E-state index contributed by atoms with van der Waals surface area (Å²) in [4.78, 5) is 25.3. The predicted octanol–water partition coefficient (Wildman–Crippen LogP) is 3.26. The van der Waals surface area contributed by atoms with Crippen LogP contribution < -0.4 is 16.9 Å². The Morgan fingerprint density at radius 2 is 1.85 bits per heavy atom. The summed E-state index contributed by atoms with van der Waals surface area (Å²) < 4.78 is 17.5. The lowest BCUT2D eigenvalue weighted by Gasteiger charge is -2.20. The summed E-state index contributed by atoms with van der Waals surface area (Å²) >= 11 is 0. The molecule has 2 heterocycles. The van der Waals surface area contributed by atoms with Crippen molar-refractivity contribution in [1.82, 2.24) is 14.3 Å². The molecule has 0 atom stereocenters. The fourth-order valence-electron chi connectivity index (χ4n) is 3.93. The quantitative estimate of drug-likeness (QED) is 0.501. The Morgan fingerprint density at radius 3 is 2.48 bits per heavy atom. The molecule has 3 N–H and O–H groups in total. The number of hydrogen-bond acceptors (Lipinski definition) is 5. The molecule has 0 unspecified atom stereocenters. The summed E-state index contributed by atoms with van der Waals surface area (Å²) in [5, 5.41) is 14.8. The third-order valence-electron chi connectivity index (χ3n) is 5.76. The van der Waals surface area contributed by atoms with Gasteiger partial charge in [0.05, 0.1) is 29.6 Å². The fourth-order valence-corrected chi connectivity index (χ4v) is 3.93. The fraction of sp³-hybridized carbons (Fsp3) is 0.240. The summed E-state index contributed by atoms with van der Waals surface area (Å²) in [6, 6.07) is 9.74. The lowest BCUT2D eigenvalue weighted by atomic mass is 9.86. The normalized spacial score (nSPS) is 11.8. The SMILES string of the molecule is Cn1cc(-c2cccc(-n3ncc4cc(C(C)(C)C)cc(F)c4c3=O)c2CO)cc(N)c1=O. The summed E-state index contributed by atoms with van der Waals surface area (Å²) in [5.74, 6) is -0.619. The molecule has 0 bridgehead atoms. The maximum atomic E-state index is 15.1. The minimum Gasteiger partial charge on any atom is -0.394 e. The van der Waals surface area contributed by atoms with Gasteiger partial charge in [0.1, 0.15) is 5.82 Å². The molecule has 2 aromatic carbocycles. The first-order valence-electron chi connectivity index (χ1n) is 10.4. The van der Waals surface area contributed by atoms with Crippen LogP contribution in [0.4, 0.5) is 10.1 Å². The van der Waals surface area contributed by atoms with Gasteiger partial charge in [0, 0.05) is 29.8 Å². The molecule has 0 aliphatic heterocycles. The van der Waals surface area contributed by atoms with Gasteiger partial charge >= 0.3 is 0 Å². The van der Waals surface area contributed by atoms with Crippen molar-refractivity contribution in [2.45, 2.75) is 32.8 Å². The van der Waals surface area contributed by atoms with Gasteiger partial charge in [-0.15, -0.1) is 0 Å². The third kappa shape index (κ3) is 3.82. The van der Waals surface area contributed by atoms with Gasteiger partial charge < -0.3 is 15.4 Å². The van der Waals surface area contributed by atoms with E-state index in [0.717, 1.165) is 10.2 Å². The molecule has 170 valence electrons. The van der Waals surface area contributed by atoms with Crippen molar-refractivity contribution in [2.24, 2.45) is 7.05 Å². The number of hydrogen-bond donors (Lipinski definition) is 2. The molecule has 4 aromatic rings. The van der Waals surface area contributed by atoms with E-state index in [-0.39, 0.29) is 22.0 Å². The smallest absolute Gasteiger partial charge is 0.282 e. The van der Waals surface area contributed by atoms with E-state index >= 15 is 4.39 Å². The molecule has 0 fully saturated rings. The number of anilines is 1. The van der Waals surface area contributed by atoms with Crippen LogP contribution in [0.5, 0.6) is 0 Å². The van der Waals surface area contributed by atoms with Crippen molar-refractivity contribution in [2.75, 3.05) is 5.73 Å². The molecule has 2 aromatic heterocycles. The number of aliphatic hydroxyl groups excluding tert-OH is 1. The number of nitrogens with two attached hydrogens (primary N) is 1. The van der Waals surface area contributed by atoms with Crippen LogP contribution in [-0.2, 0) is 19.1 Å². The molecule has 33 heavy (non-hydrogen) atoms. The Kier molecular flexibility index (Phi) is 5.41. The highest BCUT2D eigenvalue weighted by Gasteiger charge is 2.20. The van der Waals surface area contributed by atoms with Crippen LogP contribution in [0.2, 0.25) is 0 Å². The predicted molar refractivity (Wildman–Crippen MR) is 127 cm³/mol. The van der Waals surface area contributed by atoms with Gasteiger partial charge in [0.2, 0.25) is 0 Å². The first-order valence-corrected chi connectivity index (χ1v) is 10.4. The third-order valence-corrected chi connectivity index (χ3v) is 5.76. The van der Waals surface area contributed by atoms with Crippen LogP contribution in [0.3, 0.4) is 0 Å². The minimum atomic E-state index is -0.628. The molecule has 4 rings (SSSR count). The van der Waals surface area contributed by atoms with E-state index < -0.39 is 18.0 Å². The monoisotopic (exact) mass is 448 g/mol. The van der Waals surface area contributed by atoms with Crippen LogP contribution in [0.25, 0.3) is 27.6 Å². The molecule has 0 saturated carbocycles. The number of aromatic nitrogens is 3. The van der Waals surface area contributed by atoms with Crippen molar-refractivity contribution in [3.8, 4) is 16.8 Å². The average Bonchev–Trinajstić information content (AvgIpc) is 2.76. The Hall–Kier alpha value is -3.78. The van der Waals surface area contributed by atoms with Crippen molar-refractivity contribution in [3.05, 3.63) is 86.4 Å². The number of fused-ring (bicyclic) bond motifs is 1. The Labute approximate surface area is 189 Å². The summed E-state index contributed by atoms with van der Waals surface area (Å²) in [5.41, 5.74) is 7.29. The lowest BCUT2D eigenvalue weighted by molar-refractivity contribution is 0.282.